The minimum absolute atomic E-state index is 0.0591. The summed E-state index contributed by atoms with van der Waals surface area (Å²) in [4.78, 5) is 16.6. The molecule has 2 heterocycles. The van der Waals surface area contributed by atoms with Crippen LogP contribution in [0.5, 0.6) is 0 Å². The van der Waals surface area contributed by atoms with Crippen LogP contribution in [0.15, 0.2) is 34.9 Å². The summed E-state index contributed by atoms with van der Waals surface area (Å²) in [6.45, 7) is 9.21. The molecule has 2 amide bonds. The molecule has 2 aromatic rings. The van der Waals surface area contributed by atoms with Gasteiger partial charge in [-0.1, -0.05) is 50.6 Å². The van der Waals surface area contributed by atoms with Gasteiger partial charge in [0.25, 0.3) is 0 Å². The Morgan fingerprint density at radius 3 is 2.67 bits per heavy atom. The summed E-state index contributed by atoms with van der Waals surface area (Å²) in [7, 11) is 0. The number of ether oxygens (including phenoxy) is 1. The van der Waals surface area contributed by atoms with E-state index in [1.165, 1.54) is 5.56 Å². The number of rotatable bonds is 4. The predicted octanol–water partition coefficient (Wildman–Crippen LogP) is 4.00. The Morgan fingerprint density at radius 1 is 1.26 bits per heavy atom. The third-order valence-electron chi connectivity index (χ3n) is 4.74. The van der Waals surface area contributed by atoms with E-state index in [0.717, 1.165) is 24.2 Å². The summed E-state index contributed by atoms with van der Waals surface area (Å²) >= 11 is 0. The molecule has 2 unspecified atom stereocenters. The first-order valence-electron chi connectivity index (χ1n) is 9.50. The van der Waals surface area contributed by atoms with Crippen LogP contribution in [0.1, 0.15) is 62.5 Å². The summed E-state index contributed by atoms with van der Waals surface area (Å²) < 4.78 is 11.7. The second kappa shape index (κ2) is 8.13. The lowest BCUT2D eigenvalue weighted by molar-refractivity contribution is -0.00745. The number of nitrogens with one attached hydrogen (secondary N) is 2. The van der Waals surface area contributed by atoms with Crippen LogP contribution in [0.3, 0.4) is 0 Å². The zero-order chi connectivity index (χ0) is 19.4. The summed E-state index contributed by atoms with van der Waals surface area (Å²) in [6.07, 6.45) is 3.41. The van der Waals surface area contributed by atoms with Crippen molar-refractivity contribution in [2.24, 2.45) is 0 Å². The molecule has 1 aromatic heterocycles. The Balaban J connectivity index is 1.57. The van der Waals surface area contributed by atoms with Crippen molar-refractivity contribution in [1.29, 1.82) is 0 Å². The van der Waals surface area contributed by atoms with E-state index in [2.05, 4.69) is 67.6 Å². The highest BCUT2D eigenvalue weighted by Gasteiger charge is 2.29. The quantitative estimate of drug-likeness (QED) is 0.852. The molecule has 1 saturated heterocycles. The molecule has 0 radical (unpaired) electrons. The highest BCUT2D eigenvalue weighted by Crippen LogP contribution is 2.28. The molecule has 0 saturated carbocycles. The number of oxazole rings is 1. The van der Waals surface area contributed by atoms with Gasteiger partial charge < -0.3 is 19.8 Å². The molecule has 6 heteroatoms. The minimum atomic E-state index is -0.238. The van der Waals surface area contributed by atoms with Crippen molar-refractivity contribution in [3.05, 3.63) is 53.2 Å². The van der Waals surface area contributed by atoms with Crippen molar-refractivity contribution in [1.82, 2.24) is 15.6 Å². The fraction of sp³-hybridized carbons (Fsp3) is 0.524. The molecule has 0 spiro atoms. The van der Waals surface area contributed by atoms with Gasteiger partial charge in [-0.25, -0.2) is 9.78 Å². The first-order valence-corrected chi connectivity index (χ1v) is 9.50. The van der Waals surface area contributed by atoms with Crippen molar-refractivity contribution in [3.63, 3.8) is 0 Å². The van der Waals surface area contributed by atoms with Gasteiger partial charge in [0, 0.05) is 12.0 Å². The maximum Gasteiger partial charge on any atom is 0.315 e. The Labute approximate surface area is 160 Å². The van der Waals surface area contributed by atoms with Crippen molar-refractivity contribution in [3.8, 4) is 0 Å². The van der Waals surface area contributed by atoms with Crippen LogP contribution in [0.2, 0.25) is 0 Å². The van der Waals surface area contributed by atoms with Gasteiger partial charge in [-0.05, 0) is 25.3 Å². The third-order valence-corrected chi connectivity index (χ3v) is 4.74. The second-order valence-corrected chi connectivity index (χ2v) is 8.15. The predicted molar refractivity (Wildman–Crippen MR) is 103 cm³/mol. The number of amides is 2. The van der Waals surface area contributed by atoms with E-state index in [1.54, 1.807) is 6.20 Å². The largest absolute Gasteiger partial charge is 0.443 e. The number of nitrogens with zero attached hydrogens (tertiary/aromatic N) is 1. The Bertz CT molecular complexity index is 762. The minimum Gasteiger partial charge on any atom is -0.443 e. The van der Waals surface area contributed by atoms with Crippen LogP contribution in [0, 0.1) is 6.92 Å². The van der Waals surface area contributed by atoms with E-state index in [4.69, 9.17) is 9.15 Å². The molecular weight excluding hydrogens is 342 g/mol. The summed E-state index contributed by atoms with van der Waals surface area (Å²) in [5.41, 5.74) is 2.19. The topological polar surface area (TPSA) is 76.4 Å². The third kappa shape index (κ3) is 5.10. The highest BCUT2D eigenvalue weighted by molar-refractivity contribution is 5.74. The van der Waals surface area contributed by atoms with E-state index >= 15 is 0 Å². The average Bonchev–Trinajstić information content (AvgIpc) is 3.11. The number of benzene rings is 1. The van der Waals surface area contributed by atoms with E-state index in [-0.39, 0.29) is 30.1 Å². The zero-order valence-electron chi connectivity index (χ0n) is 16.5. The molecule has 0 bridgehead atoms. The number of aryl methyl sites for hydroxylation is 1. The van der Waals surface area contributed by atoms with Crippen LogP contribution >= 0.6 is 0 Å². The molecule has 1 aliphatic heterocycles. The van der Waals surface area contributed by atoms with Crippen LogP contribution in [-0.4, -0.2) is 23.7 Å². The Hall–Kier alpha value is -2.34. The van der Waals surface area contributed by atoms with Crippen molar-refractivity contribution < 1.29 is 13.9 Å². The van der Waals surface area contributed by atoms with Gasteiger partial charge in [0.05, 0.1) is 18.8 Å². The molecule has 6 nitrogen and oxygen atoms in total. The van der Waals surface area contributed by atoms with Crippen molar-refractivity contribution in [2.45, 2.75) is 64.6 Å². The number of aromatic nitrogens is 1. The van der Waals surface area contributed by atoms with Crippen LogP contribution in [0.25, 0.3) is 0 Å². The molecule has 1 aromatic carbocycles. The van der Waals surface area contributed by atoms with Crippen molar-refractivity contribution >= 4 is 6.03 Å². The molecule has 1 aliphatic rings. The molecule has 3 rings (SSSR count). The number of carbonyl (C=O) groups excluding carboxylic acids is 1. The van der Waals surface area contributed by atoms with E-state index in [0.29, 0.717) is 12.5 Å². The zero-order valence-corrected chi connectivity index (χ0v) is 16.5. The lowest BCUT2D eigenvalue weighted by atomic mass is 9.94. The van der Waals surface area contributed by atoms with Crippen LogP contribution in [-0.2, 0) is 16.7 Å². The van der Waals surface area contributed by atoms with Crippen LogP contribution < -0.4 is 10.6 Å². The summed E-state index contributed by atoms with van der Waals surface area (Å²) in [5.74, 6) is 1.31. The Kier molecular flexibility index (Phi) is 5.85. The number of urea groups is 1. The van der Waals surface area contributed by atoms with Crippen LogP contribution in [0.4, 0.5) is 4.79 Å². The van der Waals surface area contributed by atoms with Gasteiger partial charge in [-0.3, -0.25) is 0 Å². The molecule has 0 aliphatic carbocycles. The number of hydrogen-bond donors (Lipinski definition) is 2. The summed E-state index contributed by atoms with van der Waals surface area (Å²) in [6, 6.07) is 7.98. The van der Waals surface area contributed by atoms with Gasteiger partial charge in [0.15, 0.2) is 0 Å². The van der Waals surface area contributed by atoms with Gasteiger partial charge in [0.2, 0.25) is 5.89 Å². The molecular formula is C21H29N3O3. The Morgan fingerprint density at radius 2 is 2.00 bits per heavy atom. The fourth-order valence-electron chi connectivity index (χ4n) is 3.13. The fourth-order valence-corrected chi connectivity index (χ4v) is 3.13. The molecule has 146 valence electrons. The van der Waals surface area contributed by atoms with E-state index in [1.807, 2.05) is 0 Å². The maximum absolute atomic E-state index is 12.4. The van der Waals surface area contributed by atoms with Gasteiger partial charge in [0.1, 0.15) is 11.9 Å². The molecule has 2 N–H and O–H groups in total. The lowest BCUT2D eigenvalue weighted by Crippen LogP contribution is -2.46. The first kappa shape index (κ1) is 19.4. The normalized spacial score (nSPS) is 20.3. The van der Waals surface area contributed by atoms with Gasteiger partial charge in [-0.15, -0.1) is 0 Å². The molecule has 27 heavy (non-hydrogen) atoms. The maximum atomic E-state index is 12.4. The average molecular weight is 371 g/mol. The second-order valence-electron chi connectivity index (χ2n) is 8.15. The van der Waals surface area contributed by atoms with Gasteiger partial charge in [-0.2, -0.15) is 0 Å². The van der Waals surface area contributed by atoms with E-state index < -0.39 is 0 Å². The van der Waals surface area contributed by atoms with Crippen molar-refractivity contribution in [2.75, 3.05) is 6.61 Å². The summed E-state index contributed by atoms with van der Waals surface area (Å²) in [5, 5.41) is 5.88. The molecule has 2 atom stereocenters. The highest BCUT2D eigenvalue weighted by atomic mass is 16.5. The smallest absolute Gasteiger partial charge is 0.315 e. The standard InChI is InChI=1S/C21H29N3O3/c1-14-7-9-15(10-8-14)19-16(6-5-11-26-19)24-20(25)23-13-18-22-12-17(27-18)21(2,3)4/h7-10,12,16,19H,5-6,11,13H2,1-4H3,(H2,23,24,25). The number of hydrogen-bond acceptors (Lipinski definition) is 4. The SMILES string of the molecule is Cc1ccc(C2OCCCC2NC(=O)NCc2ncc(C(C)(C)C)o2)cc1. The monoisotopic (exact) mass is 371 g/mol. The van der Waals surface area contributed by atoms with E-state index in [9.17, 15) is 4.79 Å². The lowest BCUT2D eigenvalue weighted by Gasteiger charge is -2.32. The molecule has 1 fully saturated rings. The first-order chi connectivity index (χ1) is 12.8. The van der Waals surface area contributed by atoms with Gasteiger partial charge >= 0.3 is 6.03 Å². The number of carbonyl (C=O) groups is 1.